The van der Waals surface area contributed by atoms with Gasteiger partial charge >= 0.3 is 0 Å². The van der Waals surface area contributed by atoms with E-state index in [1.807, 2.05) is 32.0 Å². The number of sulfonamides is 1. The first kappa shape index (κ1) is 22.9. The maximum absolute atomic E-state index is 11.0. The lowest BCUT2D eigenvalue weighted by atomic mass is 10.1. The van der Waals surface area contributed by atoms with Crippen molar-refractivity contribution in [3.05, 3.63) is 29.3 Å². The Morgan fingerprint density at radius 3 is 2.54 bits per heavy atom. The molecule has 0 amide bonds. The summed E-state index contributed by atoms with van der Waals surface area (Å²) in [5.41, 5.74) is 2.12. The van der Waals surface area contributed by atoms with E-state index in [9.17, 15) is 8.42 Å². The Hall–Kier alpha value is -1.07. The van der Waals surface area contributed by atoms with Crippen LogP contribution >= 0.6 is 24.0 Å². The Balaban J connectivity index is 0.00000529. The highest BCUT2D eigenvalue weighted by Crippen LogP contribution is 2.20. The van der Waals surface area contributed by atoms with Crippen molar-refractivity contribution >= 4 is 40.0 Å². The summed E-state index contributed by atoms with van der Waals surface area (Å²) in [4.78, 5) is 4.49. The predicted molar refractivity (Wildman–Crippen MR) is 109 cm³/mol. The topological polar surface area (TPSA) is 91.8 Å². The van der Waals surface area contributed by atoms with Gasteiger partial charge < -0.3 is 15.4 Å². The van der Waals surface area contributed by atoms with Crippen molar-refractivity contribution in [3.8, 4) is 5.75 Å². The Bertz CT molecular complexity index is 636. The molecule has 0 bridgehead atoms. The summed E-state index contributed by atoms with van der Waals surface area (Å²) in [6.45, 7) is 5.92. The van der Waals surface area contributed by atoms with Gasteiger partial charge in [0.15, 0.2) is 5.96 Å². The largest absolute Gasteiger partial charge is 0.496 e. The van der Waals surface area contributed by atoms with Gasteiger partial charge in [-0.05, 0) is 25.5 Å². The monoisotopic (exact) mass is 470 g/mol. The number of methoxy groups -OCH3 is 1. The molecular formula is C15H27IN4O3S. The van der Waals surface area contributed by atoms with E-state index in [0.29, 0.717) is 25.6 Å². The molecule has 0 aliphatic carbocycles. The summed E-state index contributed by atoms with van der Waals surface area (Å²) in [7, 11) is -1.53. The molecule has 138 valence electrons. The van der Waals surface area contributed by atoms with Gasteiger partial charge in [0.05, 0.1) is 19.9 Å². The standard InChI is InChI=1S/C15H26N4O3S.HI/c1-5-16-15(17-8-9-19-23(4,20)21)18-11-13-7-6-12(2)10-14(13)22-3;/h6-7,10,19H,5,8-9,11H2,1-4H3,(H2,16,17,18);1H. The zero-order valence-electron chi connectivity index (χ0n) is 14.5. The lowest BCUT2D eigenvalue weighted by Crippen LogP contribution is -2.41. The summed E-state index contributed by atoms with van der Waals surface area (Å²) in [6, 6.07) is 5.98. The normalized spacial score (nSPS) is 11.6. The molecule has 0 unspecified atom stereocenters. The second-order valence-electron chi connectivity index (χ2n) is 5.10. The number of hydrogen-bond donors (Lipinski definition) is 3. The molecule has 0 fully saturated rings. The van der Waals surface area contributed by atoms with Crippen molar-refractivity contribution in [2.45, 2.75) is 20.4 Å². The van der Waals surface area contributed by atoms with Crippen LogP contribution in [0.15, 0.2) is 23.2 Å². The number of rotatable bonds is 8. The number of guanidine groups is 1. The summed E-state index contributed by atoms with van der Waals surface area (Å²) in [6.07, 6.45) is 1.13. The molecule has 1 rings (SSSR count). The van der Waals surface area contributed by atoms with Gasteiger partial charge in [0.25, 0.3) is 0 Å². The molecule has 0 aliphatic rings. The SMILES string of the molecule is CCNC(=NCc1ccc(C)cc1OC)NCCNS(C)(=O)=O.I. The number of aryl methyl sites for hydroxylation is 1. The molecule has 1 aromatic carbocycles. The number of aliphatic imine (C=N–C) groups is 1. The van der Waals surface area contributed by atoms with Crippen molar-refractivity contribution in [1.29, 1.82) is 0 Å². The Kier molecular flexibility index (Phi) is 11.0. The van der Waals surface area contributed by atoms with Crippen LogP contribution in [0.3, 0.4) is 0 Å². The second-order valence-corrected chi connectivity index (χ2v) is 6.94. The molecule has 7 nitrogen and oxygen atoms in total. The predicted octanol–water partition coefficient (Wildman–Crippen LogP) is 1.23. The minimum atomic E-state index is -3.17. The lowest BCUT2D eigenvalue weighted by Gasteiger charge is -2.12. The van der Waals surface area contributed by atoms with E-state index >= 15 is 0 Å². The highest BCUT2D eigenvalue weighted by atomic mass is 127. The number of hydrogen-bond acceptors (Lipinski definition) is 4. The molecule has 0 radical (unpaired) electrons. The van der Waals surface area contributed by atoms with Crippen LogP contribution in [0.5, 0.6) is 5.75 Å². The molecule has 24 heavy (non-hydrogen) atoms. The van der Waals surface area contributed by atoms with E-state index in [2.05, 4.69) is 20.3 Å². The molecule has 0 aromatic heterocycles. The van der Waals surface area contributed by atoms with Crippen molar-refractivity contribution in [3.63, 3.8) is 0 Å². The number of ether oxygens (including phenoxy) is 1. The fraction of sp³-hybridized carbons (Fsp3) is 0.533. The van der Waals surface area contributed by atoms with Gasteiger partial charge in [-0.2, -0.15) is 0 Å². The molecule has 0 saturated carbocycles. The first-order valence-electron chi connectivity index (χ1n) is 7.46. The summed E-state index contributed by atoms with van der Waals surface area (Å²) < 4.78 is 29.8. The third-order valence-corrected chi connectivity index (χ3v) is 3.70. The minimum absolute atomic E-state index is 0. The van der Waals surface area contributed by atoms with Gasteiger partial charge in [0.1, 0.15) is 5.75 Å². The second kappa shape index (κ2) is 11.5. The zero-order chi connectivity index (χ0) is 17.3. The van der Waals surface area contributed by atoms with Crippen LogP contribution in [0, 0.1) is 6.92 Å². The van der Waals surface area contributed by atoms with Crippen LogP contribution in [0.1, 0.15) is 18.1 Å². The molecule has 3 N–H and O–H groups in total. The summed E-state index contributed by atoms with van der Waals surface area (Å²) in [5.74, 6) is 1.44. The molecule has 0 atom stereocenters. The fourth-order valence-corrected chi connectivity index (χ4v) is 2.38. The van der Waals surface area contributed by atoms with E-state index < -0.39 is 10.0 Å². The Morgan fingerprint density at radius 1 is 1.25 bits per heavy atom. The van der Waals surface area contributed by atoms with Crippen LogP contribution < -0.4 is 20.1 Å². The van der Waals surface area contributed by atoms with Gasteiger partial charge in [-0.15, -0.1) is 24.0 Å². The Morgan fingerprint density at radius 2 is 1.96 bits per heavy atom. The fourth-order valence-electron chi connectivity index (χ4n) is 1.91. The third-order valence-electron chi connectivity index (χ3n) is 2.98. The minimum Gasteiger partial charge on any atom is -0.496 e. The molecule has 0 aliphatic heterocycles. The van der Waals surface area contributed by atoms with Gasteiger partial charge in [0.2, 0.25) is 10.0 Å². The molecule has 0 heterocycles. The average Bonchev–Trinajstić information content (AvgIpc) is 2.48. The molecule has 1 aromatic rings. The van der Waals surface area contributed by atoms with E-state index in [1.54, 1.807) is 7.11 Å². The average molecular weight is 470 g/mol. The van der Waals surface area contributed by atoms with E-state index in [0.717, 1.165) is 29.7 Å². The first-order valence-corrected chi connectivity index (χ1v) is 9.35. The van der Waals surface area contributed by atoms with E-state index in [1.165, 1.54) is 0 Å². The smallest absolute Gasteiger partial charge is 0.208 e. The van der Waals surface area contributed by atoms with Crippen LogP contribution in [0.25, 0.3) is 0 Å². The van der Waals surface area contributed by atoms with Crippen LogP contribution in [-0.2, 0) is 16.6 Å². The maximum Gasteiger partial charge on any atom is 0.208 e. The molecular weight excluding hydrogens is 443 g/mol. The number of benzene rings is 1. The highest BCUT2D eigenvalue weighted by Gasteiger charge is 2.04. The number of halogens is 1. The van der Waals surface area contributed by atoms with Gasteiger partial charge in [-0.1, -0.05) is 12.1 Å². The first-order chi connectivity index (χ1) is 10.9. The lowest BCUT2D eigenvalue weighted by molar-refractivity contribution is 0.409. The summed E-state index contributed by atoms with van der Waals surface area (Å²) in [5, 5.41) is 6.20. The van der Waals surface area contributed by atoms with Crippen molar-refractivity contribution < 1.29 is 13.2 Å². The van der Waals surface area contributed by atoms with E-state index in [-0.39, 0.29) is 24.0 Å². The molecule has 9 heteroatoms. The van der Waals surface area contributed by atoms with Crippen LogP contribution in [0.4, 0.5) is 0 Å². The van der Waals surface area contributed by atoms with Crippen molar-refractivity contribution in [2.24, 2.45) is 4.99 Å². The molecule has 0 saturated heterocycles. The van der Waals surface area contributed by atoms with Gasteiger partial charge in [0, 0.05) is 25.2 Å². The molecule has 0 spiro atoms. The third kappa shape index (κ3) is 9.28. The Labute approximate surface area is 161 Å². The van der Waals surface area contributed by atoms with Crippen LogP contribution in [-0.4, -0.2) is 47.4 Å². The number of nitrogens with zero attached hydrogens (tertiary/aromatic N) is 1. The van der Waals surface area contributed by atoms with Crippen molar-refractivity contribution in [2.75, 3.05) is 33.0 Å². The maximum atomic E-state index is 11.0. The number of nitrogens with one attached hydrogen (secondary N) is 3. The van der Waals surface area contributed by atoms with E-state index in [4.69, 9.17) is 4.74 Å². The van der Waals surface area contributed by atoms with Gasteiger partial charge in [-0.25, -0.2) is 18.1 Å². The van der Waals surface area contributed by atoms with Crippen LogP contribution in [0.2, 0.25) is 0 Å². The summed E-state index contributed by atoms with van der Waals surface area (Å²) >= 11 is 0. The van der Waals surface area contributed by atoms with Gasteiger partial charge in [-0.3, -0.25) is 0 Å². The van der Waals surface area contributed by atoms with Crippen molar-refractivity contribution in [1.82, 2.24) is 15.4 Å². The highest BCUT2D eigenvalue weighted by molar-refractivity contribution is 14.0. The zero-order valence-corrected chi connectivity index (χ0v) is 17.7. The quantitative estimate of drug-likeness (QED) is 0.230.